The maximum atomic E-state index is 11.9. The molecule has 2 N–H and O–H groups in total. The number of carbonyl (C=O) groups excluding carboxylic acids is 1. The Hall–Kier alpha value is -1.71. The number of anilines is 1. The molecule has 0 bridgehead atoms. The molecular formula is C15H24N2O2. The van der Waals surface area contributed by atoms with Crippen LogP contribution in [0.5, 0.6) is 5.75 Å². The van der Waals surface area contributed by atoms with E-state index in [-0.39, 0.29) is 5.91 Å². The highest BCUT2D eigenvalue weighted by Gasteiger charge is 2.11. The van der Waals surface area contributed by atoms with Gasteiger partial charge in [0.2, 0.25) is 5.91 Å². The van der Waals surface area contributed by atoms with Gasteiger partial charge in [0.1, 0.15) is 5.75 Å². The number of hydrogen-bond acceptors (Lipinski definition) is 3. The van der Waals surface area contributed by atoms with Gasteiger partial charge < -0.3 is 15.4 Å². The Morgan fingerprint density at radius 3 is 2.74 bits per heavy atom. The summed E-state index contributed by atoms with van der Waals surface area (Å²) in [5.74, 6) is 1.27. The van der Waals surface area contributed by atoms with Gasteiger partial charge in [-0.05, 0) is 18.1 Å². The number of benzene rings is 1. The Balaban J connectivity index is 2.33. The summed E-state index contributed by atoms with van der Waals surface area (Å²) in [5, 5.41) is 0. The first-order valence-corrected chi connectivity index (χ1v) is 6.75. The zero-order valence-electron chi connectivity index (χ0n) is 12.1. The number of nitrogen functional groups attached to an aromatic ring is 1. The largest absolute Gasteiger partial charge is 0.491 e. The smallest absolute Gasteiger partial charge is 0.225 e. The van der Waals surface area contributed by atoms with Crippen LogP contribution in [0.2, 0.25) is 0 Å². The van der Waals surface area contributed by atoms with Crippen LogP contribution in [0, 0.1) is 5.92 Å². The molecule has 0 saturated heterocycles. The van der Waals surface area contributed by atoms with Crippen molar-refractivity contribution in [1.82, 2.24) is 4.90 Å². The number of nitrogens with zero attached hydrogens (tertiary/aromatic N) is 1. The normalized spacial score (nSPS) is 11.9. The Labute approximate surface area is 115 Å². The molecular weight excluding hydrogens is 240 g/mol. The van der Waals surface area contributed by atoms with E-state index in [1.807, 2.05) is 25.2 Å². The second-order valence-electron chi connectivity index (χ2n) is 4.92. The lowest BCUT2D eigenvalue weighted by molar-refractivity contribution is -0.130. The third-order valence-corrected chi connectivity index (χ3v) is 3.20. The van der Waals surface area contributed by atoms with Crippen molar-refractivity contribution in [2.24, 2.45) is 5.92 Å². The number of carbonyl (C=O) groups is 1. The summed E-state index contributed by atoms with van der Waals surface area (Å²) < 4.78 is 5.52. The van der Waals surface area contributed by atoms with E-state index in [0.29, 0.717) is 30.4 Å². The molecule has 1 unspecified atom stereocenters. The summed E-state index contributed by atoms with van der Waals surface area (Å²) in [6.45, 7) is 5.43. The van der Waals surface area contributed by atoms with Crippen molar-refractivity contribution in [2.75, 3.05) is 25.9 Å². The minimum absolute atomic E-state index is 0.106. The van der Waals surface area contributed by atoms with Crippen LogP contribution in [0.3, 0.4) is 0 Å². The maximum Gasteiger partial charge on any atom is 0.225 e. The lowest BCUT2D eigenvalue weighted by Gasteiger charge is -2.20. The minimum Gasteiger partial charge on any atom is -0.491 e. The monoisotopic (exact) mass is 264 g/mol. The highest BCUT2D eigenvalue weighted by Crippen LogP contribution is 2.19. The third kappa shape index (κ3) is 5.20. The average molecular weight is 264 g/mol. The average Bonchev–Trinajstić information content (AvgIpc) is 2.40. The second kappa shape index (κ2) is 7.67. The summed E-state index contributed by atoms with van der Waals surface area (Å²) in [5.41, 5.74) is 6.36. The first-order valence-electron chi connectivity index (χ1n) is 6.75. The van der Waals surface area contributed by atoms with Gasteiger partial charge >= 0.3 is 0 Å². The Bertz CT molecular complexity index is 407. The summed E-state index contributed by atoms with van der Waals surface area (Å²) in [4.78, 5) is 13.7. The van der Waals surface area contributed by atoms with E-state index in [9.17, 15) is 4.79 Å². The van der Waals surface area contributed by atoms with Crippen LogP contribution < -0.4 is 10.5 Å². The number of nitrogens with two attached hydrogens (primary N) is 1. The van der Waals surface area contributed by atoms with Gasteiger partial charge in [0.25, 0.3) is 0 Å². The molecule has 0 saturated carbocycles. The van der Waals surface area contributed by atoms with Crippen molar-refractivity contribution in [3.05, 3.63) is 24.3 Å². The first kappa shape index (κ1) is 15.3. The van der Waals surface area contributed by atoms with Gasteiger partial charge in [-0.25, -0.2) is 0 Å². The van der Waals surface area contributed by atoms with Crippen LogP contribution in [-0.2, 0) is 4.79 Å². The molecule has 0 aliphatic carbocycles. The van der Waals surface area contributed by atoms with E-state index in [1.165, 1.54) is 0 Å². The molecule has 106 valence electrons. The van der Waals surface area contributed by atoms with Crippen LogP contribution >= 0.6 is 0 Å². The summed E-state index contributed by atoms with van der Waals surface area (Å²) in [7, 11) is 1.84. The Kier molecular flexibility index (Phi) is 6.19. The highest BCUT2D eigenvalue weighted by molar-refractivity contribution is 5.76. The van der Waals surface area contributed by atoms with Crippen molar-refractivity contribution < 1.29 is 9.53 Å². The Morgan fingerprint density at radius 1 is 1.42 bits per heavy atom. The SMILES string of the molecule is CCC(C)CN(C)C(=O)CCOc1ccccc1N. The van der Waals surface area contributed by atoms with Crippen LogP contribution in [0.25, 0.3) is 0 Å². The van der Waals surface area contributed by atoms with Crippen LogP contribution in [0.15, 0.2) is 24.3 Å². The van der Waals surface area contributed by atoms with Gasteiger partial charge in [-0.3, -0.25) is 4.79 Å². The van der Waals surface area contributed by atoms with Gasteiger partial charge in [-0.15, -0.1) is 0 Å². The van der Waals surface area contributed by atoms with Gasteiger partial charge in [-0.2, -0.15) is 0 Å². The topological polar surface area (TPSA) is 55.6 Å². The number of para-hydroxylation sites is 2. The molecule has 0 radical (unpaired) electrons. The minimum atomic E-state index is 0.106. The molecule has 1 atom stereocenters. The molecule has 1 rings (SSSR count). The zero-order chi connectivity index (χ0) is 14.3. The highest BCUT2D eigenvalue weighted by atomic mass is 16.5. The molecule has 4 nitrogen and oxygen atoms in total. The molecule has 0 aromatic heterocycles. The fourth-order valence-corrected chi connectivity index (χ4v) is 1.75. The number of rotatable bonds is 7. The standard InChI is InChI=1S/C15H24N2O2/c1-4-12(2)11-17(3)15(18)9-10-19-14-8-6-5-7-13(14)16/h5-8,12H,4,9-11,16H2,1-3H3. The second-order valence-corrected chi connectivity index (χ2v) is 4.92. The predicted molar refractivity (Wildman–Crippen MR) is 78.1 cm³/mol. The van der Waals surface area contributed by atoms with Gasteiger partial charge in [0.15, 0.2) is 0 Å². The van der Waals surface area contributed by atoms with Crippen molar-refractivity contribution in [3.8, 4) is 5.75 Å². The number of ether oxygens (including phenoxy) is 1. The molecule has 0 fully saturated rings. The van der Waals surface area contributed by atoms with Crippen molar-refractivity contribution >= 4 is 11.6 Å². The molecule has 0 heterocycles. The zero-order valence-corrected chi connectivity index (χ0v) is 12.1. The van der Waals surface area contributed by atoms with Crippen LogP contribution in [0.4, 0.5) is 5.69 Å². The van der Waals surface area contributed by atoms with Gasteiger partial charge in [-0.1, -0.05) is 32.4 Å². The van der Waals surface area contributed by atoms with E-state index < -0.39 is 0 Å². The van der Waals surface area contributed by atoms with Gasteiger partial charge in [0.05, 0.1) is 18.7 Å². The maximum absolute atomic E-state index is 11.9. The lowest BCUT2D eigenvalue weighted by atomic mass is 10.1. The van der Waals surface area contributed by atoms with Crippen molar-refractivity contribution in [2.45, 2.75) is 26.7 Å². The van der Waals surface area contributed by atoms with Gasteiger partial charge in [0, 0.05) is 13.6 Å². The van der Waals surface area contributed by atoms with Crippen LogP contribution in [-0.4, -0.2) is 31.0 Å². The molecule has 0 aliphatic heterocycles. The fourth-order valence-electron chi connectivity index (χ4n) is 1.75. The lowest BCUT2D eigenvalue weighted by Crippen LogP contribution is -2.31. The summed E-state index contributed by atoms with van der Waals surface area (Å²) >= 11 is 0. The van der Waals surface area contributed by atoms with E-state index in [4.69, 9.17) is 10.5 Å². The number of amides is 1. The van der Waals surface area contributed by atoms with E-state index in [0.717, 1.165) is 13.0 Å². The first-order chi connectivity index (χ1) is 9.04. The van der Waals surface area contributed by atoms with E-state index >= 15 is 0 Å². The fraction of sp³-hybridized carbons (Fsp3) is 0.533. The molecule has 1 aromatic rings. The van der Waals surface area contributed by atoms with Crippen molar-refractivity contribution in [1.29, 1.82) is 0 Å². The summed E-state index contributed by atoms with van der Waals surface area (Å²) in [6, 6.07) is 7.31. The van der Waals surface area contributed by atoms with E-state index in [2.05, 4.69) is 13.8 Å². The van der Waals surface area contributed by atoms with Crippen LogP contribution in [0.1, 0.15) is 26.7 Å². The molecule has 0 aliphatic rings. The molecule has 4 heteroatoms. The number of hydrogen-bond donors (Lipinski definition) is 1. The molecule has 19 heavy (non-hydrogen) atoms. The predicted octanol–water partition coefficient (Wildman–Crippen LogP) is 2.54. The van der Waals surface area contributed by atoms with Crippen molar-refractivity contribution in [3.63, 3.8) is 0 Å². The quantitative estimate of drug-likeness (QED) is 0.770. The molecule has 0 spiro atoms. The Morgan fingerprint density at radius 2 is 2.11 bits per heavy atom. The summed E-state index contributed by atoms with van der Waals surface area (Å²) in [6.07, 6.45) is 1.45. The third-order valence-electron chi connectivity index (χ3n) is 3.20. The molecule has 1 amide bonds. The molecule has 1 aromatic carbocycles. The van der Waals surface area contributed by atoms with E-state index in [1.54, 1.807) is 11.0 Å².